The first-order chi connectivity index (χ1) is 13.9. The summed E-state index contributed by atoms with van der Waals surface area (Å²) in [4.78, 5) is 5.20. The van der Waals surface area contributed by atoms with Gasteiger partial charge in [-0.05, 0) is 32.7 Å². The molecule has 0 spiro atoms. The number of hydrogen-bond donors (Lipinski definition) is 0. The lowest BCUT2D eigenvalue weighted by atomic mass is 10.0. The van der Waals surface area contributed by atoms with Crippen molar-refractivity contribution in [1.29, 1.82) is 0 Å². The first-order valence-corrected chi connectivity index (χ1v) is 10.2. The van der Waals surface area contributed by atoms with E-state index in [9.17, 15) is 0 Å². The summed E-state index contributed by atoms with van der Waals surface area (Å²) in [6.07, 6.45) is 0. The molecule has 0 bridgehead atoms. The third-order valence-corrected chi connectivity index (χ3v) is 6.01. The Hall–Kier alpha value is -2.68. The molecule has 1 aliphatic heterocycles. The van der Waals surface area contributed by atoms with Crippen LogP contribution in [0.5, 0.6) is 0 Å². The van der Waals surface area contributed by atoms with Gasteiger partial charge in [-0.15, -0.1) is 0 Å². The van der Waals surface area contributed by atoms with Crippen molar-refractivity contribution >= 4 is 21.5 Å². The number of nitrogens with zero attached hydrogens (tertiary/aromatic N) is 2. The van der Waals surface area contributed by atoms with Crippen LogP contribution in [0, 0.1) is 0 Å². The molecule has 2 heteroatoms. The molecule has 0 amide bonds. The van der Waals surface area contributed by atoms with E-state index >= 15 is 0 Å². The Morgan fingerprint density at radius 3 is 1.32 bits per heavy atom. The second-order valence-corrected chi connectivity index (χ2v) is 7.83. The van der Waals surface area contributed by atoms with Gasteiger partial charge in [-0.1, -0.05) is 84.9 Å². The van der Waals surface area contributed by atoms with E-state index in [1.807, 2.05) is 0 Å². The van der Waals surface area contributed by atoms with E-state index in [0.717, 1.165) is 39.3 Å². The van der Waals surface area contributed by atoms with E-state index in [4.69, 9.17) is 0 Å². The smallest absolute Gasteiger partial charge is 0.0240 e. The summed E-state index contributed by atoms with van der Waals surface area (Å²) in [5, 5.41) is 5.47. The van der Waals surface area contributed by atoms with Crippen molar-refractivity contribution in [2.24, 2.45) is 0 Å². The average molecular weight is 367 g/mol. The standard InChI is InChI=1S/C26H26N2/c1-3-13-25-21(7-1)9-5-11-23(25)19-27-15-17-28(18-16-27)20-24-12-6-10-22-8-2-4-14-26(22)24/h1-14H,15-20H2. The van der Waals surface area contributed by atoms with Crippen LogP contribution in [-0.2, 0) is 13.1 Å². The lowest BCUT2D eigenvalue weighted by Crippen LogP contribution is -2.45. The average Bonchev–Trinajstić information content (AvgIpc) is 2.76. The molecule has 0 aromatic heterocycles. The summed E-state index contributed by atoms with van der Waals surface area (Å²) in [5.41, 5.74) is 2.89. The fraction of sp³-hybridized carbons (Fsp3) is 0.231. The van der Waals surface area contributed by atoms with Crippen molar-refractivity contribution in [3.63, 3.8) is 0 Å². The van der Waals surface area contributed by atoms with E-state index in [0.29, 0.717) is 0 Å². The summed E-state index contributed by atoms with van der Waals surface area (Å²) >= 11 is 0. The van der Waals surface area contributed by atoms with E-state index in [-0.39, 0.29) is 0 Å². The van der Waals surface area contributed by atoms with Gasteiger partial charge in [0.2, 0.25) is 0 Å². The molecule has 0 radical (unpaired) electrons. The third kappa shape index (κ3) is 3.54. The topological polar surface area (TPSA) is 6.48 Å². The van der Waals surface area contributed by atoms with Crippen molar-refractivity contribution in [2.75, 3.05) is 26.2 Å². The number of rotatable bonds is 4. The Kier molecular flexibility index (Phi) is 4.82. The normalized spacial score (nSPS) is 16.0. The molecular weight excluding hydrogens is 340 g/mol. The van der Waals surface area contributed by atoms with Crippen LogP contribution in [0.15, 0.2) is 84.9 Å². The SMILES string of the molecule is c1ccc2c(CN3CCN(Cc4cccc5ccccc45)CC3)cccc2c1. The summed E-state index contributed by atoms with van der Waals surface area (Å²) < 4.78 is 0. The highest BCUT2D eigenvalue weighted by atomic mass is 15.3. The predicted molar refractivity (Wildman–Crippen MR) is 118 cm³/mol. The zero-order chi connectivity index (χ0) is 18.8. The molecule has 1 fully saturated rings. The summed E-state index contributed by atoms with van der Waals surface area (Å²) in [5.74, 6) is 0. The molecule has 0 aliphatic carbocycles. The molecular formula is C26H26N2. The maximum Gasteiger partial charge on any atom is 0.0240 e. The molecule has 1 heterocycles. The minimum Gasteiger partial charge on any atom is -0.297 e. The van der Waals surface area contributed by atoms with Gasteiger partial charge in [0.25, 0.3) is 0 Å². The monoisotopic (exact) mass is 366 g/mol. The highest BCUT2D eigenvalue weighted by molar-refractivity contribution is 5.86. The summed E-state index contributed by atoms with van der Waals surface area (Å²) in [6, 6.07) is 30.8. The van der Waals surface area contributed by atoms with Crippen LogP contribution >= 0.6 is 0 Å². The van der Waals surface area contributed by atoms with Crippen molar-refractivity contribution in [2.45, 2.75) is 13.1 Å². The van der Waals surface area contributed by atoms with Crippen LogP contribution in [0.4, 0.5) is 0 Å². The molecule has 0 unspecified atom stereocenters. The maximum absolute atomic E-state index is 2.60. The highest BCUT2D eigenvalue weighted by Gasteiger charge is 2.18. The zero-order valence-corrected chi connectivity index (χ0v) is 16.2. The number of hydrogen-bond acceptors (Lipinski definition) is 2. The van der Waals surface area contributed by atoms with Crippen LogP contribution < -0.4 is 0 Å². The van der Waals surface area contributed by atoms with Crippen molar-refractivity contribution < 1.29 is 0 Å². The lowest BCUT2D eigenvalue weighted by molar-refractivity contribution is 0.122. The lowest BCUT2D eigenvalue weighted by Gasteiger charge is -2.35. The Bertz CT molecular complexity index is 994. The van der Waals surface area contributed by atoms with Gasteiger partial charge < -0.3 is 0 Å². The minimum absolute atomic E-state index is 1.05. The Morgan fingerprint density at radius 2 is 0.857 bits per heavy atom. The van der Waals surface area contributed by atoms with E-state index in [2.05, 4.69) is 94.7 Å². The van der Waals surface area contributed by atoms with Gasteiger partial charge in [0.05, 0.1) is 0 Å². The van der Waals surface area contributed by atoms with Crippen molar-refractivity contribution in [3.05, 3.63) is 96.1 Å². The van der Waals surface area contributed by atoms with Crippen molar-refractivity contribution in [3.8, 4) is 0 Å². The third-order valence-electron chi connectivity index (χ3n) is 6.01. The first-order valence-electron chi connectivity index (χ1n) is 10.2. The fourth-order valence-corrected chi connectivity index (χ4v) is 4.45. The fourth-order valence-electron chi connectivity index (χ4n) is 4.45. The van der Waals surface area contributed by atoms with Crippen LogP contribution in [0.3, 0.4) is 0 Å². The predicted octanol–water partition coefficient (Wildman–Crippen LogP) is 5.31. The van der Waals surface area contributed by atoms with Gasteiger partial charge in [-0.3, -0.25) is 9.80 Å². The second-order valence-electron chi connectivity index (χ2n) is 7.83. The number of benzene rings is 4. The quantitative estimate of drug-likeness (QED) is 0.483. The number of piperazine rings is 1. The van der Waals surface area contributed by atoms with Gasteiger partial charge in [0.1, 0.15) is 0 Å². The molecule has 5 rings (SSSR count). The van der Waals surface area contributed by atoms with Gasteiger partial charge in [-0.2, -0.15) is 0 Å². The van der Waals surface area contributed by atoms with Gasteiger partial charge in [-0.25, -0.2) is 0 Å². The highest BCUT2D eigenvalue weighted by Crippen LogP contribution is 2.22. The van der Waals surface area contributed by atoms with Gasteiger partial charge >= 0.3 is 0 Å². The zero-order valence-electron chi connectivity index (χ0n) is 16.2. The summed E-state index contributed by atoms with van der Waals surface area (Å²) in [7, 11) is 0. The van der Waals surface area contributed by atoms with E-state index < -0.39 is 0 Å². The molecule has 1 saturated heterocycles. The molecule has 0 saturated carbocycles. The maximum atomic E-state index is 2.60. The molecule has 28 heavy (non-hydrogen) atoms. The minimum atomic E-state index is 1.05. The molecule has 4 aromatic rings. The largest absolute Gasteiger partial charge is 0.297 e. The van der Waals surface area contributed by atoms with Gasteiger partial charge in [0, 0.05) is 39.3 Å². The first kappa shape index (κ1) is 17.4. The second kappa shape index (κ2) is 7.75. The Morgan fingerprint density at radius 1 is 0.464 bits per heavy atom. The summed E-state index contributed by atoms with van der Waals surface area (Å²) in [6.45, 7) is 6.62. The van der Waals surface area contributed by atoms with E-state index in [1.54, 1.807) is 0 Å². The molecule has 2 nitrogen and oxygen atoms in total. The van der Waals surface area contributed by atoms with Gasteiger partial charge in [0.15, 0.2) is 0 Å². The molecule has 0 atom stereocenters. The van der Waals surface area contributed by atoms with Crippen LogP contribution in [0.2, 0.25) is 0 Å². The van der Waals surface area contributed by atoms with Crippen LogP contribution in [0.25, 0.3) is 21.5 Å². The number of fused-ring (bicyclic) bond motifs is 2. The molecule has 1 aliphatic rings. The van der Waals surface area contributed by atoms with Crippen molar-refractivity contribution in [1.82, 2.24) is 9.80 Å². The molecule has 4 aromatic carbocycles. The molecule has 0 N–H and O–H groups in total. The van der Waals surface area contributed by atoms with Crippen LogP contribution in [0.1, 0.15) is 11.1 Å². The van der Waals surface area contributed by atoms with E-state index in [1.165, 1.54) is 32.7 Å². The van der Waals surface area contributed by atoms with Crippen LogP contribution in [-0.4, -0.2) is 36.0 Å². The molecule has 140 valence electrons. The Labute approximate surface area is 167 Å². The Balaban J connectivity index is 1.25.